The first-order chi connectivity index (χ1) is 12.6. The largest absolute Gasteiger partial charge is 0.464 e. The van der Waals surface area contributed by atoms with Gasteiger partial charge in [0.15, 0.2) is 0 Å². The smallest absolute Gasteiger partial charge is 0.408 e. The molecule has 2 unspecified atom stereocenters. The summed E-state index contributed by atoms with van der Waals surface area (Å²) >= 11 is 0. The van der Waals surface area contributed by atoms with Crippen molar-refractivity contribution in [2.45, 2.75) is 71.9 Å². The molecule has 0 fully saturated rings. The molecule has 0 aliphatic heterocycles. The number of rotatable bonds is 12. The Morgan fingerprint density at radius 3 is 2.35 bits per heavy atom. The van der Waals surface area contributed by atoms with Gasteiger partial charge in [0, 0.05) is 0 Å². The molecule has 0 saturated heterocycles. The molecule has 5 heteroatoms. The van der Waals surface area contributed by atoms with E-state index in [9.17, 15) is 9.59 Å². The number of carbonyl (C=O) groups excluding carboxylic acids is 2. The first-order valence-electron chi connectivity index (χ1n) is 9.72. The summed E-state index contributed by atoms with van der Waals surface area (Å²) in [5.41, 5.74) is 0.900. The van der Waals surface area contributed by atoms with Crippen LogP contribution in [0.2, 0.25) is 0 Å². The van der Waals surface area contributed by atoms with Crippen molar-refractivity contribution in [3.8, 4) is 0 Å². The highest BCUT2D eigenvalue weighted by Crippen LogP contribution is 2.11. The van der Waals surface area contributed by atoms with Crippen LogP contribution >= 0.6 is 0 Å². The summed E-state index contributed by atoms with van der Waals surface area (Å²) in [6, 6.07) is 8.76. The SMILES string of the molecule is CCCCCCCOC(=O)C(NC(=O)OCc1ccccc1)C(C)CC. The average Bonchev–Trinajstić information content (AvgIpc) is 2.67. The lowest BCUT2D eigenvalue weighted by molar-refractivity contribution is -0.147. The van der Waals surface area contributed by atoms with Gasteiger partial charge in [-0.1, -0.05) is 83.2 Å². The maximum absolute atomic E-state index is 12.3. The number of ether oxygens (including phenoxy) is 2. The maximum atomic E-state index is 12.3. The third-order valence-corrected chi connectivity index (χ3v) is 4.45. The normalized spacial score (nSPS) is 12.9. The summed E-state index contributed by atoms with van der Waals surface area (Å²) in [7, 11) is 0. The van der Waals surface area contributed by atoms with Gasteiger partial charge in [-0.25, -0.2) is 9.59 Å². The molecule has 26 heavy (non-hydrogen) atoms. The monoisotopic (exact) mass is 363 g/mol. The fraction of sp³-hybridized carbons (Fsp3) is 0.619. The number of hydrogen-bond donors (Lipinski definition) is 1. The second kappa shape index (κ2) is 13.2. The fourth-order valence-corrected chi connectivity index (χ4v) is 2.53. The van der Waals surface area contributed by atoms with Gasteiger partial charge in [0.25, 0.3) is 0 Å². The van der Waals surface area contributed by atoms with E-state index < -0.39 is 12.1 Å². The van der Waals surface area contributed by atoms with Crippen LogP contribution in [-0.4, -0.2) is 24.7 Å². The number of esters is 1. The molecule has 5 nitrogen and oxygen atoms in total. The van der Waals surface area contributed by atoms with E-state index in [0.29, 0.717) is 6.61 Å². The first kappa shape index (κ1) is 22.0. The first-order valence-corrected chi connectivity index (χ1v) is 9.72. The van der Waals surface area contributed by atoms with E-state index in [0.717, 1.165) is 31.2 Å². The zero-order valence-corrected chi connectivity index (χ0v) is 16.3. The molecule has 0 heterocycles. The van der Waals surface area contributed by atoms with Gasteiger partial charge >= 0.3 is 12.1 Å². The predicted molar refractivity (Wildman–Crippen MR) is 103 cm³/mol. The van der Waals surface area contributed by atoms with E-state index >= 15 is 0 Å². The molecular formula is C21H33NO4. The van der Waals surface area contributed by atoms with Crippen molar-refractivity contribution in [1.29, 1.82) is 0 Å². The molecule has 0 saturated carbocycles. The van der Waals surface area contributed by atoms with Gasteiger partial charge in [-0.3, -0.25) is 0 Å². The van der Waals surface area contributed by atoms with Gasteiger partial charge in [0.05, 0.1) is 6.61 Å². The fourth-order valence-electron chi connectivity index (χ4n) is 2.53. The minimum atomic E-state index is -0.682. The molecule has 0 bridgehead atoms. The lowest BCUT2D eigenvalue weighted by Gasteiger charge is -2.22. The summed E-state index contributed by atoms with van der Waals surface area (Å²) < 4.78 is 10.6. The second-order valence-corrected chi connectivity index (χ2v) is 6.65. The van der Waals surface area contributed by atoms with Gasteiger partial charge in [0.1, 0.15) is 12.6 Å². The highest BCUT2D eigenvalue weighted by molar-refractivity contribution is 5.81. The van der Waals surface area contributed by atoms with E-state index in [1.165, 1.54) is 12.8 Å². The number of alkyl carbamates (subject to hydrolysis) is 1. The number of hydrogen-bond acceptors (Lipinski definition) is 4. The number of carbonyl (C=O) groups is 2. The Labute approximate surface area is 157 Å². The van der Waals surface area contributed by atoms with Crippen LogP contribution in [0.15, 0.2) is 30.3 Å². The maximum Gasteiger partial charge on any atom is 0.408 e. The van der Waals surface area contributed by atoms with Crippen molar-refractivity contribution in [2.24, 2.45) is 5.92 Å². The standard InChI is InChI=1S/C21H33NO4/c1-4-6-7-8-12-15-25-20(23)19(17(3)5-2)22-21(24)26-16-18-13-10-9-11-14-18/h9-11,13-14,17,19H,4-8,12,15-16H2,1-3H3,(H,22,24). The Bertz CT molecular complexity index is 518. The molecular weight excluding hydrogens is 330 g/mol. The Balaban J connectivity index is 2.41. The Hall–Kier alpha value is -2.04. The summed E-state index contributed by atoms with van der Waals surface area (Å²) in [4.78, 5) is 24.4. The van der Waals surface area contributed by atoms with Crippen molar-refractivity contribution >= 4 is 12.1 Å². The minimum absolute atomic E-state index is 0.0214. The summed E-state index contributed by atoms with van der Waals surface area (Å²) in [6.45, 7) is 6.64. The van der Waals surface area contributed by atoms with Crippen LogP contribution in [0.3, 0.4) is 0 Å². The number of unbranched alkanes of at least 4 members (excludes halogenated alkanes) is 4. The summed E-state index contributed by atoms with van der Waals surface area (Å²) in [6.07, 6.45) is 5.63. The second-order valence-electron chi connectivity index (χ2n) is 6.65. The van der Waals surface area contributed by atoms with Crippen LogP contribution in [-0.2, 0) is 20.9 Å². The Morgan fingerprint density at radius 1 is 1.00 bits per heavy atom. The van der Waals surface area contributed by atoms with Crippen LogP contribution in [0.25, 0.3) is 0 Å². The van der Waals surface area contributed by atoms with E-state index in [4.69, 9.17) is 9.47 Å². The molecule has 0 radical (unpaired) electrons. The number of nitrogens with one attached hydrogen (secondary N) is 1. The highest BCUT2D eigenvalue weighted by Gasteiger charge is 2.27. The van der Waals surface area contributed by atoms with Crippen LogP contribution < -0.4 is 5.32 Å². The van der Waals surface area contributed by atoms with Crippen LogP contribution in [0, 0.1) is 5.92 Å². The van der Waals surface area contributed by atoms with Crippen molar-refractivity contribution in [3.05, 3.63) is 35.9 Å². The molecule has 0 aliphatic rings. The van der Waals surface area contributed by atoms with Gasteiger partial charge in [-0.05, 0) is 17.9 Å². The highest BCUT2D eigenvalue weighted by atomic mass is 16.6. The molecule has 1 rings (SSSR count). The predicted octanol–water partition coefficient (Wildman–Crippen LogP) is 4.84. The Morgan fingerprint density at radius 2 is 1.69 bits per heavy atom. The lowest BCUT2D eigenvalue weighted by Crippen LogP contribution is -2.46. The molecule has 0 aliphatic carbocycles. The van der Waals surface area contributed by atoms with E-state index in [-0.39, 0.29) is 18.5 Å². The third-order valence-electron chi connectivity index (χ3n) is 4.45. The van der Waals surface area contributed by atoms with Crippen molar-refractivity contribution < 1.29 is 19.1 Å². The molecule has 2 atom stereocenters. The van der Waals surface area contributed by atoms with Gasteiger partial charge < -0.3 is 14.8 Å². The molecule has 1 N–H and O–H groups in total. The quantitative estimate of drug-likeness (QED) is 0.426. The van der Waals surface area contributed by atoms with Crippen LogP contribution in [0.1, 0.15) is 64.9 Å². The van der Waals surface area contributed by atoms with Gasteiger partial charge in [0.2, 0.25) is 0 Å². The summed E-state index contributed by atoms with van der Waals surface area (Å²) in [5.74, 6) is -0.404. The number of benzene rings is 1. The topological polar surface area (TPSA) is 64.6 Å². The number of amides is 1. The zero-order valence-electron chi connectivity index (χ0n) is 16.3. The molecule has 0 aromatic heterocycles. The van der Waals surface area contributed by atoms with Crippen LogP contribution in [0.5, 0.6) is 0 Å². The van der Waals surface area contributed by atoms with Crippen molar-refractivity contribution in [1.82, 2.24) is 5.32 Å². The van der Waals surface area contributed by atoms with Crippen molar-refractivity contribution in [2.75, 3.05) is 6.61 Å². The molecule has 1 aromatic rings. The summed E-state index contributed by atoms with van der Waals surface area (Å²) in [5, 5.41) is 2.66. The van der Waals surface area contributed by atoms with Crippen molar-refractivity contribution in [3.63, 3.8) is 0 Å². The molecule has 146 valence electrons. The van der Waals surface area contributed by atoms with E-state index in [2.05, 4.69) is 12.2 Å². The Kier molecular flexibility index (Phi) is 11.2. The average molecular weight is 363 g/mol. The van der Waals surface area contributed by atoms with Gasteiger partial charge in [-0.2, -0.15) is 0 Å². The third kappa shape index (κ3) is 8.88. The van der Waals surface area contributed by atoms with Gasteiger partial charge in [-0.15, -0.1) is 0 Å². The lowest BCUT2D eigenvalue weighted by atomic mass is 9.99. The van der Waals surface area contributed by atoms with E-state index in [1.807, 2.05) is 44.2 Å². The minimum Gasteiger partial charge on any atom is -0.464 e. The van der Waals surface area contributed by atoms with E-state index in [1.54, 1.807) is 0 Å². The molecule has 1 aromatic carbocycles. The van der Waals surface area contributed by atoms with Crippen LogP contribution in [0.4, 0.5) is 4.79 Å². The zero-order chi connectivity index (χ0) is 19.2. The molecule has 1 amide bonds. The molecule has 0 spiro atoms.